The Morgan fingerprint density at radius 1 is 1.29 bits per heavy atom. The summed E-state index contributed by atoms with van der Waals surface area (Å²) in [4.78, 5) is 14.3. The van der Waals surface area contributed by atoms with E-state index in [1.165, 1.54) is 0 Å². The van der Waals surface area contributed by atoms with E-state index < -0.39 is 6.10 Å². The topological polar surface area (TPSA) is 58.4 Å². The lowest BCUT2D eigenvalue weighted by Crippen LogP contribution is -2.39. The maximum Gasteiger partial charge on any atom is 0.222 e. The van der Waals surface area contributed by atoms with Crippen molar-refractivity contribution in [2.75, 3.05) is 13.1 Å². The minimum atomic E-state index is -0.432. The smallest absolute Gasteiger partial charge is 0.222 e. The van der Waals surface area contributed by atoms with Crippen molar-refractivity contribution in [3.8, 4) is 0 Å². The summed E-state index contributed by atoms with van der Waals surface area (Å²) in [6.07, 6.45) is 6.31. The van der Waals surface area contributed by atoms with Crippen LogP contribution in [0.4, 0.5) is 0 Å². The molecule has 1 N–H and O–H groups in total. The van der Waals surface area contributed by atoms with Crippen LogP contribution in [0.15, 0.2) is 42.7 Å². The van der Waals surface area contributed by atoms with E-state index in [-0.39, 0.29) is 11.8 Å². The van der Waals surface area contributed by atoms with E-state index in [0.29, 0.717) is 6.42 Å². The van der Waals surface area contributed by atoms with Gasteiger partial charge in [0.2, 0.25) is 5.91 Å². The molecule has 5 nitrogen and oxygen atoms in total. The van der Waals surface area contributed by atoms with E-state index >= 15 is 0 Å². The monoisotopic (exact) mass is 327 g/mol. The van der Waals surface area contributed by atoms with E-state index in [2.05, 4.69) is 5.10 Å². The molecule has 1 amide bonds. The molecule has 1 aliphatic heterocycles. The van der Waals surface area contributed by atoms with Crippen LogP contribution in [0.2, 0.25) is 0 Å². The first-order valence-corrected chi connectivity index (χ1v) is 8.62. The second-order valence-electron chi connectivity index (χ2n) is 6.60. The molecule has 2 aromatic rings. The molecular formula is C19H25N3O2. The summed E-state index contributed by atoms with van der Waals surface area (Å²) in [6, 6.07) is 9.80. The highest BCUT2D eigenvalue weighted by molar-refractivity contribution is 5.76. The second kappa shape index (κ2) is 7.62. The Balaban J connectivity index is 1.47. The van der Waals surface area contributed by atoms with Crippen LogP contribution < -0.4 is 0 Å². The first-order chi connectivity index (χ1) is 11.6. The molecule has 2 heterocycles. The maximum absolute atomic E-state index is 12.4. The molecule has 0 aliphatic carbocycles. The highest BCUT2D eigenvalue weighted by atomic mass is 16.3. The van der Waals surface area contributed by atoms with Gasteiger partial charge in [-0.05, 0) is 36.3 Å². The van der Waals surface area contributed by atoms with Crippen LogP contribution in [0.3, 0.4) is 0 Å². The number of aliphatic hydroxyl groups excluding tert-OH is 1. The number of benzene rings is 1. The lowest BCUT2D eigenvalue weighted by molar-refractivity contribution is -0.133. The SMILES string of the molecule is Cn1cc(CCC(=O)N2CCC([C@@H](O)c3ccccc3)CC2)cn1. The van der Waals surface area contributed by atoms with Gasteiger partial charge in [-0.3, -0.25) is 9.48 Å². The van der Waals surface area contributed by atoms with Gasteiger partial charge in [0.25, 0.3) is 0 Å². The molecule has 0 unspecified atom stereocenters. The third-order valence-corrected chi connectivity index (χ3v) is 4.87. The molecule has 24 heavy (non-hydrogen) atoms. The van der Waals surface area contributed by atoms with Gasteiger partial charge in [0.05, 0.1) is 12.3 Å². The van der Waals surface area contributed by atoms with Gasteiger partial charge in [0, 0.05) is 32.8 Å². The van der Waals surface area contributed by atoms with Crippen LogP contribution in [0.25, 0.3) is 0 Å². The minimum Gasteiger partial charge on any atom is -0.388 e. The molecule has 1 saturated heterocycles. The molecule has 0 radical (unpaired) electrons. The molecule has 0 bridgehead atoms. The maximum atomic E-state index is 12.4. The summed E-state index contributed by atoms with van der Waals surface area (Å²) < 4.78 is 1.76. The number of carbonyl (C=O) groups excluding carboxylic acids is 1. The highest BCUT2D eigenvalue weighted by Gasteiger charge is 2.27. The van der Waals surface area contributed by atoms with Crippen LogP contribution in [-0.4, -0.2) is 38.8 Å². The Bertz CT molecular complexity index is 660. The number of piperidine rings is 1. The van der Waals surface area contributed by atoms with Gasteiger partial charge in [0.15, 0.2) is 0 Å². The van der Waals surface area contributed by atoms with Crippen molar-refractivity contribution in [3.63, 3.8) is 0 Å². The Morgan fingerprint density at radius 2 is 2.00 bits per heavy atom. The Kier molecular flexibility index (Phi) is 5.30. The van der Waals surface area contributed by atoms with Gasteiger partial charge in [0.1, 0.15) is 0 Å². The minimum absolute atomic E-state index is 0.200. The summed E-state index contributed by atoms with van der Waals surface area (Å²) >= 11 is 0. The van der Waals surface area contributed by atoms with Crippen molar-refractivity contribution in [2.45, 2.75) is 31.8 Å². The molecule has 0 spiro atoms. The van der Waals surface area contributed by atoms with E-state index in [0.717, 1.165) is 43.5 Å². The van der Waals surface area contributed by atoms with Crippen molar-refractivity contribution in [3.05, 3.63) is 53.9 Å². The summed E-state index contributed by atoms with van der Waals surface area (Å²) in [5.41, 5.74) is 2.07. The van der Waals surface area contributed by atoms with Gasteiger partial charge in [-0.2, -0.15) is 5.10 Å². The van der Waals surface area contributed by atoms with Crippen LogP contribution >= 0.6 is 0 Å². The molecule has 1 aliphatic rings. The summed E-state index contributed by atoms with van der Waals surface area (Å²) in [6.45, 7) is 1.47. The molecule has 1 aromatic heterocycles. The van der Waals surface area contributed by atoms with Crippen LogP contribution in [0.5, 0.6) is 0 Å². The average Bonchev–Trinajstić information content (AvgIpc) is 3.05. The van der Waals surface area contributed by atoms with E-state index in [1.54, 1.807) is 4.68 Å². The van der Waals surface area contributed by atoms with E-state index in [4.69, 9.17) is 0 Å². The number of carbonyl (C=O) groups is 1. The summed E-state index contributed by atoms with van der Waals surface area (Å²) in [7, 11) is 1.88. The number of rotatable bonds is 5. The summed E-state index contributed by atoms with van der Waals surface area (Å²) in [5.74, 6) is 0.432. The zero-order valence-corrected chi connectivity index (χ0v) is 14.1. The zero-order chi connectivity index (χ0) is 16.9. The average molecular weight is 327 g/mol. The first-order valence-electron chi connectivity index (χ1n) is 8.62. The van der Waals surface area contributed by atoms with Crippen molar-refractivity contribution in [1.82, 2.24) is 14.7 Å². The normalized spacial score (nSPS) is 17.0. The van der Waals surface area contributed by atoms with Gasteiger partial charge in [-0.1, -0.05) is 30.3 Å². The third-order valence-electron chi connectivity index (χ3n) is 4.87. The van der Waals surface area contributed by atoms with Crippen molar-refractivity contribution in [2.24, 2.45) is 13.0 Å². The number of hydrogen-bond donors (Lipinski definition) is 1. The number of likely N-dealkylation sites (tertiary alicyclic amines) is 1. The van der Waals surface area contributed by atoms with Gasteiger partial charge < -0.3 is 10.0 Å². The van der Waals surface area contributed by atoms with Gasteiger partial charge >= 0.3 is 0 Å². The van der Waals surface area contributed by atoms with E-state index in [1.807, 2.05) is 54.7 Å². The quantitative estimate of drug-likeness (QED) is 0.917. The van der Waals surface area contributed by atoms with Crippen molar-refractivity contribution < 1.29 is 9.90 Å². The number of amides is 1. The molecule has 3 rings (SSSR count). The Hall–Kier alpha value is -2.14. The summed E-state index contributed by atoms with van der Waals surface area (Å²) in [5, 5.41) is 14.6. The lowest BCUT2D eigenvalue weighted by atomic mass is 9.87. The first kappa shape index (κ1) is 16.7. The Morgan fingerprint density at radius 3 is 2.62 bits per heavy atom. The fourth-order valence-corrected chi connectivity index (χ4v) is 3.40. The highest BCUT2D eigenvalue weighted by Crippen LogP contribution is 2.30. The molecular weight excluding hydrogens is 302 g/mol. The third kappa shape index (κ3) is 4.03. The predicted molar refractivity (Wildman–Crippen MR) is 92.2 cm³/mol. The molecule has 1 fully saturated rings. The number of aliphatic hydroxyl groups is 1. The van der Waals surface area contributed by atoms with Crippen molar-refractivity contribution >= 4 is 5.91 Å². The van der Waals surface area contributed by atoms with E-state index in [9.17, 15) is 9.90 Å². The number of hydrogen-bond acceptors (Lipinski definition) is 3. The van der Waals surface area contributed by atoms with Gasteiger partial charge in [-0.15, -0.1) is 0 Å². The van der Waals surface area contributed by atoms with Gasteiger partial charge in [-0.25, -0.2) is 0 Å². The number of aromatic nitrogens is 2. The molecule has 5 heteroatoms. The molecule has 128 valence electrons. The number of nitrogens with zero attached hydrogens (tertiary/aromatic N) is 3. The fourth-order valence-electron chi connectivity index (χ4n) is 3.40. The zero-order valence-electron chi connectivity index (χ0n) is 14.1. The lowest BCUT2D eigenvalue weighted by Gasteiger charge is -2.34. The standard InChI is InChI=1S/C19H25N3O2/c1-21-14-15(13-20-21)7-8-18(23)22-11-9-17(10-12-22)19(24)16-5-3-2-4-6-16/h2-6,13-14,17,19,24H,7-12H2,1H3/t19-/m0/s1. The predicted octanol–water partition coefficient (Wildman–Crippen LogP) is 2.32. The molecule has 1 atom stereocenters. The number of aryl methyl sites for hydroxylation is 2. The Labute approximate surface area is 142 Å². The second-order valence-corrected chi connectivity index (χ2v) is 6.60. The largest absolute Gasteiger partial charge is 0.388 e. The van der Waals surface area contributed by atoms with Crippen molar-refractivity contribution in [1.29, 1.82) is 0 Å². The van der Waals surface area contributed by atoms with Crippen LogP contribution in [0, 0.1) is 5.92 Å². The fraction of sp³-hybridized carbons (Fsp3) is 0.474. The van der Waals surface area contributed by atoms with Crippen LogP contribution in [0.1, 0.15) is 36.5 Å². The van der Waals surface area contributed by atoms with Crippen LogP contribution in [-0.2, 0) is 18.3 Å². The molecule has 0 saturated carbocycles. The molecule has 1 aromatic carbocycles.